The van der Waals surface area contributed by atoms with Crippen molar-refractivity contribution >= 4 is 17.7 Å². The molecule has 1 fully saturated rings. The second-order valence-electron chi connectivity index (χ2n) is 4.71. The molecule has 0 bridgehead atoms. The van der Waals surface area contributed by atoms with Gasteiger partial charge >= 0.3 is 5.97 Å². The van der Waals surface area contributed by atoms with Crippen molar-refractivity contribution in [3.05, 3.63) is 0 Å². The van der Waals surface area contributed by atoms with E-state index in [9.17, 15) is 9.90 Å². The third-order valence-corrected chi connectivity index (χ3v) is 4.34. The smallest absolute Gasteiger partial charge is 0.324 e. The Kier molecular flexibility index (Phi) is 6.30. The van der Waals surface area contributed by atoms with E-state index in [0.29, 0.717) is 11.9 Å². The molecule has 2 atom stereocenters. The maximum absolute atomic E-state index is 11.2. The van der Waals surface area contributed by atoms with Crippen LogP contribution in [0.1, 0.15) is 33.1 Å². The summed E-state index contributed by atoms with van der Waals surface area (Å²) in [4.78, 5) is 11.2. The van der Waals surface area contributed by atoms with Crippen molar-refractivity contribution in [2.75, 3.05) is 24.7 Å². The quantitative estimate of drug-likeness (QED) is 0.697. The third-order valence-electron chi connectivity index (χ3n) is 2.96. The molecule has 1 aliphatic rings. The van der Waals surface area contributed by atoms with Crippen LogP contribution in [0.4, 0.5) is 0 Å². The average Bonchev–Trinajstić information content (AvgIpc) is 2.79. The van der Waals surface area contributed by atoms with Crippen molar-refractivity contribution in [1.82, 2.24) is 5.32 Å². The molecule has 1 rings (SSSR count). The third kappa shape index (κ3) is 4.85. The summed E-state index contributed by atoms with van der Waals surface area (Å²) in [7, 11) is 0. The van der Waals surface area contributed by atoms with Crippen LogP contribution in [0, 0.1) is 0 Å². The predicted molar refractivity (Wildman–Crippen MR) is 70.6 cm³/mol. The molecule has 0 amide bonds. The highest BCUT2D eigenvalue weighted by Gasteiger charge is 2.32. The summed E-state index contributed by atoms with van der Waals surface area (Å²) in [5.41, 5.74) is -0.820. The first kappa shape index (κ1) is 14.8. The molecule has 100 valence electrons. The van der Waals surface area contributed by atoms with Crippen LogP contribution in [0.2, 0.25) is 0 Å². The Morgan fingerprint density at radius 2 is 2.41 bits per heavy atom. The van der Waals surface area contributed by atoms with E-state index in [1.807, 2.05) is 6.92 Å². The number of thioether (sulfide) groups is 1. The number of rotatable bonds is 8. The molecule has 0 radical (unpaired) electrons. The van der Waals surface area contributed by atoms with Gasteiger partial charge in [-0.3, -0.25) is 4.79 Å². The minimum absolute atomic E-state index is 0.323. The number of carboxylic acid groups (broad SMARTS) is 1. The number of hydrogen-bond acceptors (Lipinski definition) is 4. The zero-order chi connectivity index (χ0) is 12.7. The van der Waals surface area contributed by atoms with Gasteiger partial charge in [-0.1, -0.05) is 6.92 Å². The maximum Gasteiger partial charge on any atom is 0.324 e. The molecular formula is C12H23NO3S. The van der Waals surface area contributed by atoms with E-state index >= 15 is 0 Å². The second kappa shape index (κ2) is 7.24. The SMILES string of the molecule is CCCNC(C)(CSCC1CCCO1)C(=O)O. The molecule has 1 saturated heterocycles. The molecule has 0 aromatic heterocycles. The van der Waals surface area contributed by atoms with Crippen LogP contribution in [-0.4, -0.2) is 47.4 Å². The van der Waals surface area contributed by atoms with Gasteiger partial charge in [0, 0.05) is 18.1 Å². The monoisotopic (exact) mass is 261 g/mol. The molecule has 1 aliphatic heterocycles. The first-order chi connectivity index (χ1) is 8.08. The van der Waals surface area contributed by atoms with E-state index in [1.54, 1.807) is 18.7 Å². The van der Waals surface area contributed by atoms with E-state index in [-0.39, 0.29) is 0 Å². The lowest BCUT2D eigenvalue weighted by molar-refractivity contribution is -0.143. The molecule has 0 aliphatic carbocycles. The van der Waals surface area contributed by atoms with Gasteiger partial charge in [-0.25, -0.2) is 0 Å². The number of aliphatic carboxylic acids is 1. The van der Waals surface area contributed by atoms with Gasteiger partial charge in [0.2, 0.25) is 0 Å². The second-order valence-corrected chi connectivity index (χ2v) is 5.74. The van der Waals surface area contributed by atoms with Gasteiger partial charge in [-0.05, 0) is 32.7 Å². The number of ether oxygens (including phenoxy) is 1. The molecule has 1 heterocycles. The fourth-order valence-electron chi connectivity index (χ4n) is 1.76. The summed E-state index contributed by atoms with van der Waals surface area (Å²) in [6.07, 6.45) is 3.51. The Balaban J connectivity index is 2.30. The molecule has 5 heteroatoms. The summed E-state index contributed by atoms with van der Waals surface area (Å²) in [6.45, 7) is 5.39. The fraction of sp³-hybridized carbons (Fsp3) is 0.917. The van der Waals surface area contributed by atoms with Gasteiger partial charge in [0.1, 0.15) is 5.54 Å². The fourth-order valence-corrected chi connectivity index (χ4v) is 3.04. The Hall–Kier alpha value is -0.260. The van der Waals surface area contributed by atoms with Crippen LogP contribution in [0.5, 0.6) is 0 Å². The van der Waals surface area contributed by atoms with E-state index in [4.69, 9.17) is 4.74 Å². The number of hydrogen-bond donors (Lipinski definition) is 2. The minimum Gasteiger partial charge on any atom is -0.480 e. The Morgan fingerprint density at radius 1 is 1.65 bits per heavy atom. The topological polar surface area (TPSA) is 58.6 Å². The van der Waals surface area contributed by atoms with E-state index in [0.717, 1.165) is 38.2 Å². The lowest BCUT2D eigenvalue weighted by Crippen LogP contribution is -2.52. The number of nitrogens with one attached hydrogen (secondary N) is 1. The van der Waals surface area contributed by atoms with Gasteiger partial charge in [0.25, 0.3) is 0 Å². The average molecular weight is 261 g/mol. The van der Waals surface area contributed by atoms with Crippen molar-refractivity contribution in [3.63, 3.8) is 0 Å². The Bertz CT molecular complexity index is 244. The van der Waals surface area contributed by atoms with Crippen molar-refractivity contribution < 1.29 is 14.6 Å². The van der Waals surface area contributed by atoms with Crippen LogP contribution in [0.15, 0.2) is 0 Å². The highest BCUT2D eigenvalue weighted by molar-refractivity contribution is 7.99. The molecule has 2 unspecified atom stereocenters. The zero-order valence-corrected chi connectivity index (χ0v) is 11.5. The molecule has 0 spiro atoms. The highest BCUT2D eigenvalue weighted by atomic mass is 32.2. The largest absolute Gasteiger partial charge is 0.480 e. The first-order valence-electron chi connectivity index (χ1n) is 6.26. The highest BCUT2D eigenvalue weighted by Crippen LogP contribution is 2.20. The van der Waals surface area contributed by atoms with Gasteiger partial charge in [-0.2, -0.15) is 11.8 Å². The number of carboxylic acids is 1. The van der Waals surface area contributed by atoms with Crippen LogP contribution < -0.4 is 5.32 Å². The molecule has 2 N–H and O–H groups in total. The summed E-state index contributed by atoms with van der Waals surface area (Å²) in [5.74, 6) is 0.713. The summed E-state index contributed by atoms with van der Waals surface area (Å²) >= 11 is 1.67. The Morgan fingerprint density at radius 3 is 2.94 bits per heavy atom. The predicted octanol–water partition coefficient (Wildman–Crippen LogP) is 1.74. The summed E-state index contributed by atoms with van der Waals surface area (Å²) in [6, 6.07) is 0. The normalized spacial score (nSPS) is 23.5. The van der Waals surface area contributed by atoms with Crippen molar-refractivity contribution in [2.45, 2.75) is 44.8 Å². The molecule has 0 saturated carbocycles. The van der Waals surface area contributed by atoms with E-state index in [1.165, 1.54) is 0 Å². The Labute approximate surface area is 107 Å². The molecule has 4 nitrogen and oxygen atoms in total. The maximum atomic E-state index is 11.2. The first-order valence-corrected chi connectivity index (χ1v) is 7.41. The molecular weight excluding hydrogens is 238 g/mol. The lowest BCUT2D eigenvalue weighted by Gasteiger charge is -2.26. The molecule has 0 aromatic rings. The standard InChI is InChI=1S/C12H23NO3S/c1-3-6-13-12(2,11(14)15)9-17-8-10-5-4-7-16-10/h10,13H,3-9H2,1-2H3,(H,14,15). The van der Waals surface area contributed by atoms with Crippen LogP contribution in [-0.2, 0) is 9.53 Å². The van der Waals surface area contributed by atoms with Crippen molar-refractivity contribution in [3.8, 4) is 0 Å². The van der Waals surface area contributed by atoms with Crippen LogP contribution in [0.25, 0.3) is 0 Å². The lowest BCUT2D eigenvalue weighted by atomic mass is 10.1. The van der Waals surface area contributed by atoms with Crippen molar-refractivity contribution in [1.29, 1.82) is 0 Å². The van der Waals surface area contributed by atoms with Gasteiger partial charge in [0.05, 0.1) is 6.10 Å². The summed E-state index contributed by atoms with van der Waals surface area (Å²) < 4.78 is 5.52. The molecule has 17 heavy (non-hydrogen) atoms. The molecule has 0 aromatic carbocycles. The van der Waals surface area contributed by atoms with E-state index < -0.39 is 11.5 Å². The van der Waals surface area contributed by atoms with Gasteiger partial charge in [0.15, 0.2) is 0 Å². The zero-order valence-electron chi connectivity index (χ0n) is 10.7. The summed E-state index contributed by atoms with van der Waals surface area (Å²) in [5, 5.41) is 12.4. The van der Waals surface area contributed by atoms with Crippen LogP contribution >= 0.6 is 11.8 Å². The minimum atomic E-state index is -0.820. The number of carbonyl (C=O) groups is 1. The van der Waals surface area contributed by atoms with Crippen LogP contribution in [0.3, 0.4) is 0 Å². The van der Waals surface area contributed by atoms with Gasteiger partial charge < -0.3 is 15.2 Å². The van der Waals surface area contributed by atoms with Gasteiger partial charge in [-0.15, -0.1) is 0 Å². The van der Waals surface area contributed by atoms with Crippen molar-refractivity contribution in [2.24, 2.45) is 0 Å². The van der Waals surface area contributed by atoms with E-state index in [2.05, 4.69) is 5.32 Å².